The predicted octanol–water partition coefficient (Wildman–Crippen LogP) is 2.77. The van der Waals surface area contributed by atoms with Crippen LogP contribution in [0.5, 0.6) is 0 Å². The molecule has 0 unspecified atom stereocenters. The topological polar surface area (TPSA) is 68.0 Å². The Labute approximate surface area is 113 Å². The number of halogens is 1. The molecule has 0 aliphatic carbocycles. The van der Waals surface area contributed by atoms with Crippen LogP contribution in [0.2, 0.25) is 5.02 Å². The molecule has 0 atom stereocenters. The molecule has 0 radical (unpaired) electrons. The number of hydrogen-bond donors (Lipinski definition) is 1. The number of rotatable bonds is 2. The number of nitrogens with zero attached hydrogens (tertiary/aromatic N) is 3. The first-order chi connectivity index (χ1) is 9.18. The van der Waals surface area contributed by atoms with Crippen molar-refractivity contribution in [3.8, 4) is 5.69 Å². The lowest BCUT2D eigenvalue weighted by atomic mass is 10.2. The van der Waals surface area contributed by atoms with Gasteiger partial charge < -0.3 is 5.11 Å². The summed E-state index contributed by atoms with van der Waals surface area (Å²) in [4.78, 5) is 15.1. The van der Waals surface area contributed by atoms with E-state index in [1.54, 1.807) is 4.68 Å². The molecule has 94 valence electrons. The van der Waals surface area contributed by atoms with Gasteiger partial charge in [-0.1, -0.05) is 29.8 Å². The number of carboxylic acids is 1. The smallest absolute Gasteiger partial charge is 0.338 e. The van der Waals surface area contributed by atoms with Gasteiger partial charge >= 0.3 is 5.97 Å². The minimum absolute atomic E-state index is 0.0261. The first-order valence-electron chi connectivity index (χ1n) is 5.49. The fourth-order valence-electron chi connectivity index (χ4n) is 1.86. The lowest BCUT2D eigenvalue weighted by molar-refractivity contribution is 0.0697. The Morgan fingerprint density at radius 3 is 2.63 bits per heavy atom. The standard InChI is InChI=1S/C13H8ClN3O2/c14-11-9-7-16-17(8-4-2-1-3-5-8)12(9)15-6-10(11)13(18)19/h1-7H,(H,18,19). The second-order valence-electron chi connectivity index (χ2n) is 3.92. The van der Waals surface area contributed by atoms with Crippen LogP contribution >= 0.6 is 11.6 Å². The minimum Gasteiger partial charge on any atom is -0.478 e. The highest BCUT2D eigenvalue weighted by molar-refractivity contribution is 6.38. The largest absolute Gasteiger partial charge is 0.478 e. The Bertz CT molecular complexity index is 768. The first-order valence-corrected chi connectivity index (χ1v) is 5.87. The van der Waals surface area contributed by atoms with Crippen LogP contribution in [-0.4, -0.2) is 25.8 Å². The van der Waals surface area contributed by atoms with Crippen LogP contribution in [0.1, 0.15) is 10.4 Å². The van der Waals surface area contributed by atoms with Gasteiger partial charge in [0.2, 0.25) is 0 Å². The maximum Gasteiger partial charge on any atom is 0.338 e. The van der Waals surface area contributed by atoms with Gasteiger partial charge in [-0.3, -0.25) is 0 Å². The van der Waals surface area contributed by atoms with Crippen LogP contribution < -0.4 is 0 Å². The average molecular weight is 274 g/mol. The summed E-state index contributed by atoms with van der Waals surface area (Å²) in [6.45, 7) is 0. The maximum absolute atomic E-state index is 11.0. The Morgan fingerprint density at radius 1 is 1.21 bits per heavy atom. The molecule has 0 fully saturated rings. The highest BCUT2D eigenvalue weighted by Crippen LogP contribution is 2.26. The number of carbonyl (C=O) groups is 1. The van der Waals surface area contributed by atoms with Crippen molar-refractivity contribution in [1.29, 1.82) is 0 Å². The molecule has 3 rings (SSSR count). The van der Waals surface area contributed by atoms with Gasteiger partial charge in [-0.2, -0.15) is 5.10 Å². The zero-order valence-corrected chi connectivity index (χ0v) is 10.4. The van der Waals surface area contributed by atoms with Crippen LogP contribution in [0.25, 0.3) is 16.7 Å². The summed E-state index contributed by atoms with van der Waals surface area (Å²) in [5, 5.41) is 13.9. The maximum atomic E-state index is 11.0. The second kappa shape index (κ2) is 4.37. The number of fused-ring (bicyclic) bond motifs is 1. The van der Waals surface area contributed by atoms with E-state index in [0.717, 1.165) is 5.69 Å². The van der Waals surface area contributed by atoms with Crippen LogP contribution in [0, 0.1) is 0 Å². The first kappa shape index (κ1) is 11.7. The number of aromatic carboxylic acids is 1. The third-order valence-electron chi connectivity index (χ3n) is 2.76. The van der Waals surface area contributed by atoms with Crippen molar-refractivity contribution in [1.82, 2.24) is 14.8 Å². The van der Waals surface area contributed by atoms with E-state index in [1.807, 2.05) is 30.3 Å². The summed E-state index contributed by atoms with van der Waals surface area (Å²) in [5.74, 6) is -1.10. The molecule has 2 heterocycles. The van der Waals surface area contributed by atoms with Crippen molar-refractivity contribution in [3.63, 3.8) is 0 Å². The Morgan fingerprint density at radius 2 is 1.95 bits per heavy atom. The lowest BCUT2D eigenvalue weighted by Crippen LogP contribution is -2.01. The van der Waals surface area contributed by atoms with E-state index >= 15 is 0 Å². The molecular weight excluding hydrogens is 266 g/mol. The molecule has 6 heteroatoms. The van der Waals surface area contributed by atoms with Crippen molar-refractivity contribution in [3.05, 3.63) is 53.3 Å². The van der Waals surface area contributed by atoms with E-state index in [-0.39, 0.29) is 10.6 Å². The highest BCUT2D eigenvalue weighted by Gasteiger charge is 2.16. The normalized spacial score (nSPS) is 10.8. The molecule has 3 aromatic rings. The molecule has 0 aliphatic heterocycles. The van der Waals surface area contributed by atoms with Crippen molar-refractivity contribution < 1.29 is 9.90 Å². The van der Waals surface area contributed by atoms with Crippen molar-refractivity contribution in [2.24, 2.45) is 0 Å². The van der Waals surface area contributed by atoms with Gasteiger partial charge in [0.05, 0.1) is 27.9 Å². The molecule has 0 bridgehead atoms. The molecule has 1 aromatic carbocycles. The summed E-state index contributed by atoms with van der Waals surface area (Å²) in [5.41, 5.74) is 1.34. The predicted molar refractivity (Wildman–Crippen MR) is 70.8 cm³/mol. The zero-order chi connectivity index (χ0) is 13.4. The minimum atomic E-state index is -1.10. The lowest BCUT2D eigenvalue weighted by Gasteiger charge is -2.03. The number of benzene rings is 1. The van der Waals surface area contributed by atoms with Gasteiger partial charge in [0.25, 0.3) is 0 Å². The van der Waals surface area contributed by atoms with E-state index in [4.69, 9.17) is 16.7 Å². The van der Waals surface area contributed by atoms with Crippen LogP contribution in [0.15, 0.2) is 42.7 Å². The number of para-hydroxylation sites is 1. The molecule has 0 spiro atoms. The third-order valence-corrected chi connectivity index (χ3v) is 3.17. The number of hydrogen-bond acceptors (Lipinski definition) is 3. The Balaban J connectivity index is 2.26. The molecule has 1 N–H and O–H groups in total. The van der Waals surface area contributed by atoms with Gasteiger partial charge in [-0.15, -0.1) is 0 Å². The fourth-order valence-corrected chi connectivity index (χ4v) is 2.12. The summed E-state index contributed by atoms with van der Waals surface area (Å²) in [7, 11) is 0. The van der Waals surface area contributed by atoms with Crippen LogP contribution in [-0.2, 0) is 0 Å². The molecule has 0 saturated carbocycles. The van der Waals surface area contributed by atoms with Gasteiger partial charge in [-0.25, -0.2) is 14.5 Å². The van der Waals surface area contributed by atoms with E-state index < -0.39 is 5.97 Å². The van der Waals surface area contributed by atoms with Crippen LogP contribution in [0.3, 0.4) is 0 Å². The van der Waals surface area contributed by atoms with E-state index in [9.17, 15) is 4.79 Å². The SMILES string of the molecule is O=C(O)c1cnc2c(cnn2-c2ccccc2)c1Cl. The molecule has 2 aromatic heterocycles. The second-order valence-corrected chi connectivity index (χ2v) is 4.30. The molecule has 0 saturated heterocycles. The summed E-state index contributed by atoms with van der Waals surface area (Å²) in [6.07, 6.45) is 2.76. The van der Waals surface area contributed by atoms with E-state index in [2.05, 4.69) is 10.1 Å². The number of carboxylic acid groups (broad SMARTS) is 1. The molecule has 19 heavy (non-hydrogen) atoms. The summed E-state index contributed by atoms with van der Waals surface area (Å²) >= 11 is 6.06. The highest BCUT2D eigenvalue weighted by atomic mass is 35.5. The average Bonchev–Trinajstić information content (AvgIpc) is 2.84. The van der Waals surface area contributed by atoms with Gasteiger partial charge in [-0.05, 0) is 12.1 Å². The fraction of sp³-hybridized carbons (Fsp3) is 0. The van der Waals surface area contributed by atoms with Crippen LogP contribution in [0.4, 0.5) is 0 Å². The number of aromatic nitrogens is 3. The van der Waals surface area contributed by atoms with Crippen molar-refractivity contribution in [2.45, 2.75) is 0 Å². The van der Waals surface area contributed by atoms with Crippen molar-refractivity contribution in [2.75, 3.05) is 0 Å². The van der Waals surface area contributed by atoms with Gasteiger partial charge in [0.15, 0.2) is 5.65 Å². The Hall–Kier alpha value is -2.40. The summed E-state index contributed by atoms with van der Waals surface area (Å²) in [6, 6.07) is 9.44. The van der Waals surface area contributed by atoms with Gasteiger partial charge in [0, 0.05) is 6.20 Å². The van der Waals surface area contributed by atoms with E-state index in [0.29, 0.717) is 11.0 Å². The van der Waals surface area contributed by atoms with Crippen molar-refractivity contribution >= 4 is 28.6 Å². The molecular formula is C13H8ClN3O2. The molecule has 5 nitrogen and oxygen atoms in total. The molecule has 0 aliphatic rings. The quantitative estimate of drug-likeness (QED) is 0.779. The van der Waals surface area contributed by atoms with Gasteiger partial charge in [0.1, 0.15) is 0 Å². The Kier molecular flexibility index (Phi) is 2.68. The monoisotopic (exact) mass is 273 g/mol. The zero-order valence-electron chi connectivity index (χ0n) is 9.62. The third kappa shape index (κ3) is 1.84. The van der Waals surface area contributed by atoms with E-state index in [1.165, 1.54) is 12.4 Å². The number of pyridine rings is 1. The molecule has 0 amide bonds. The summed E-state index contributed by atoms with van der Waals surface area (Å²) < 4.78 is 1.62.